The van der Waals surface area contributed by atoms with E-state index in [9.17, 15) is 4.79 Å². The van der Waals surface area contributed by atoms with Gasteiger partial charge in [-0.3, -0.25) is 10.1 Å². The number of anilines is 1. The molecule has 0 unspecified atom stereocenters. The Morgan fingerprint density at radius 1 is 1.19 bits per heavy atom. The Bertz CT molecular complexity index is 960. The van der Waals surface area contributed by atoms with Crippen LogP contribution in [0.5, 0.6) is 0 Å². The molecule has 0 spiro atoms. The predicted molar refractivity (Wildman–Crippen MR) is 111 cm³/mol. The summed E-state index contributed by atoms with van der Waals surface area (Å²) in [4.78, 5) is 12.5. The van der Waals surface area contributed by atoms with Gasteiger partial charge in [-0.25, -0.2) is 0 Å². The zero-order chi connectivity index (χ0) is 17.9. The predicted octanol–water partition coefficient (Wildman–Crippen LogP) is 4.10. The molecule has 8 heteroatoms. The molecule has 2 N–H and O–H groups in total. The van der Waals surface area contributed by atoms with Crippen molar-refractivity contribution in [1.29, 1.82) is 0 Å². The van der Waals surface area contributed by atoms with E-state index in [2.05, 4.69) is 20.8 Å². The molecule has 27 heavy (non-hydrogen) atoms. The molecule has 1 aromatic heterocycles. The highest BCUT2D eigenvalue weighted by atomic mass is 35.5. The van der Waals surface area contributed by atoms with Crippen LogP contribution in [0, 0.1) is 0 Å². The lowest BCUT2D eigenvalue weighted by Gasteiger charge is -2.17. The highest BCUT2D eigenvalue weighted by Gasteiger charge is 2.14. The van der Waals surface area contributed by atoms with Crippen LogP contribution >= 0.6 is 35.3 Å². The third-order valence-electron chi connectivity index (χ3n) is 4.29. The van der Waals surface area contributed by atoms with Crippen molar-refractivity contribution in [1.82, 2.24) is 15.5 Å². The van der Waals surface area contributed by atoms with Crippen LogP contribution in [-0.2, 0) is 19.4 Å². The molecule has 1 aliphatic heterocycles. The van der Waals surface area contributed by atoms with Crippen molar-refractivity contribution in [3.63, 3.8) is 0 Å². The fraction of sp³-hybridized carbons (Fsp3) is 0.211. The largest absolute Gasteiger partial charge is 0.312 e. The number of benzene rings is 2. The van der Waals surface area contributed by atoms with Crippen molar-refractivity contribution in [3.05, 3.63) is 74.7 Å². The molecule has 1 amide bonds. The summed E-state index contributed by atoms with van der Waals surface area (Å²) in [6.07, 6.45) is 1.58. The molecule has 140 valence electrons. The summed E-state index contributed by atoms with van der Waals surface area (Å²) in [5.74, 6) is -0.156. The Labute approximate surface area is 172 Å². The van der Waals surface area contributed by atoms with Gasteiger partial charge in [-0.2, -0.15) is 0 Å². The first-order valence-corrected chi connectivity index (χ1v) is 9.57. The average molecular weight is 421 g/mol. The smallest absolute Gasteiger partial charge is 0.257 e. The van der Waals surface area contributed by atoms with Gasteiger partial charge < -0.3 is 5.32 Å². The molecule has 0 fully saturated rings. The molecular formula is C19H18Cl2N4OS. The Balaban J connectivity index is 0.00000210. The molecule has 3 aromatic rings. The molecule has 0 saturated carbocycles. The standard InChI is InChI=1S/C19H17ClN4OS.ClH/c20-16-3-1-2-12(8-16)9-17-23-24-19(26-17)22-18(25)14-4-5-15-11-21-7-6-13(15)10-14;/h1-5,8,10,21H,6-7,9,11H2,(H,22,24,25);1H. The monoisotopic (exact) mass is 420 g/mol. The Morgan fingerprint density at radius 3 is 2.93 bits per heavy atom. The molecule has 2 heterocycles. The number of halogens is 2. The van der Waals surface area contributed by atoms with Crippen LogP contribution in [0.15, 0.2) is 42.5 Å². The zero-order valence-electron chi connectivity index (χ0n) is 14.4. The fourth-order valence-electron chi connectivity index (χ4n) is 2.98. The highest BCUT2D eigenvalue weighted by Crippen LogP contribution is 2.22. The van der Waals surface area contributed by atoms with Crippen LogP contribution in [-0.4, -0.2) is 22.6 Å². The van der Waals surface area contributed by atoms with Crippen molar-refractivity contribution in [2.24, 2.45) is 0 Å². The van der Waals surface area contributed by atoms with Gasteiger partial charge in [0.2, 0.25) is 5.13 Å². The van der Waals surface area contributed by atoms with E-state index in [1.165, 1.54) is 22.5 Å². The number of hydrogen-bond acceptors (Lipinski definition) is 5. The van der Waals surface area contributed by atoms with Gasteiger partial charge in [0, 0.05) is 23.6 Å². The fourth-order valence-corrected chi connectivity index (χ4v) is 3.97. The van der Waals surface area contributed by atoms with Gasteiger partial charge in [0.05, 0.1) is 0 Å². The number of carbonyl (C=O) groups excluding carboxylic acids is 1. The number of carbonyl (C=O) groups is 1. The Kier molecular flexibility index (Phi) is 6.44. The van der Waals surface area contributed by atoms with E-state index >= 15 is 0 Å². The van der Waals surface area contributed by atoms with Gasteiger partial charge in [0.1, 0.15) is 5.01 Å². The second kappa shape index (κ2) is 8.80. The van der Waals surface area contributed by atoms with E-state index in [1.807, 2.05) is 42.5 Å². The maximum Gasteiger partial charge on any atom is 0.257 e. The van der Waals surface area contributed by atoms with Gasteiger partial charge in [0.25, 0.3) is 5.91 Å². The topological polar surface area (TPSA) is 66.9 Å². The van der Waals surface area contributed by atoms with Crippen LogP contribution in [0.3, 0.4) is 0 Å². The minimum Gasteiger partial charge on any atom is -0.312 e. The van der Waals surface area contributed by atoms with Crippen molar-refractivity contribution >= 4 is 46.4 Å². The summed E-state index contributed by atoms with van der Waals surface area (Å²) < 4.78 is 0. The third-order valence-corrected chi connectivity index (χ3v) is 5.36. The van der Waals surface area contributed by atoms with Crippen molar-refractivity contribution in [2.75, 3.05) is 11.9 Å². The maximum atomic E-state index is 12.5. The first kappa shape index (κ1) is 19.8. The number of hydrogen-bond donors (Lipinski definition) is 2. The molecule has 4 rings (SSSR count). The summed E-state index contributed by atoms with van der Waals surface area (Å²) >= 11 is 7.39. The SMILES string of the molecule is Cl.O=C(Nc1nnc(Cc2cccc(Cl)c2)s1)c1ccc2c(c1)CCNC2. The third kappa shape index (κ3) is 4.84. The quantitative estimate of drug-likeness (QED) is 0.666. The zero-order valence-corrected chi connectivity index (χ0v) is 16.8. The van der Waals surface area contributed by atoms with Gasteiger partial charge in [-0.1, -0.05) is 41.1 Å². The van der Waals surface area contributed by atoms with Crippen LogP contribution in [0.2, 0.25) is 5.02 Å². The summed E-state index contributed by atoms with van der Waals surface area (Å²) in [5.41, 5.74) is 4.20. The average Bonchev–Trinajstić information content (AvgIpc) is 3.08. The molecule has 1 aliphatic rings. The molecule has 0 radical (unpaired) electrons. The van der Waals surface area contributed by atoms with E-state index in [0.717, 1.165) is 30.1 Å². The Hall–Kier alpha value is -1.99. The van der Waals surface area contributed by atoms with Crippen LogP contribution in [0.1, 0.15) is 32.1 Å². The summed E-state index contributed by atoms with van der Waals surface area (Å²) in [6, 6.07) is 13.5. The second-order valence-electron chi connectivity index (χ2n) is 6.17. The number of fused-ring (bicyclic) bond motifs is 1. The number of nitrogens with zero attached hydrogens (tertiary/aromatic N) is 2. The first-order valence-electron chi connectivity index (χ1n) is 8.38. The maximum absolute atomic E-state index is 12.5. The van der Waals surface area contributed by atoms with E-state index < -0.39 is 0 Å². The molecule has 0 bridgehead atoms. The van der Waals surface area contributed by atoms with Crippen molar-refractivity contribution in [2.45, 2.75) is 19.4 Å². The number of aromatic nitrogens is 2. The van der Waals surface area contributed by atoms with Crippen LogP contribution in [0.25, 0.3) is 0 Å². The number of rotatable bonds is 4. The molecular weight excluding hydrogens is 403 g/mol. The number of nitrogens with one attached hydrogen (secondary N) is 2. The normalized spacial score (nSPS) is 12.8. The van der Waals surface area contributed by atoms with Gasteiger partial charge in [-0.15, -0.1) is 22.6 Å². The second-order valence-corrected chi connectivity index (χ2v) is 7.67. The minimum atomic E-state index is -0.156. The van der Waals surface area contributed by atoms with E-state index in [-0.39, 0.29) is 18.3 Å². The lowest BCUT2D eigenvalue weighted by molar-refractivity contribution is 0.102. The van der Waals surface area contributed by atoms with Crippen LogP contribution in [0.4, 0.5) is 5.13 Å². The van der Waals surface area contributed by atoms with E-state index in [0.29, 0.717) is 22.1 Å². The minimum absolute atomic E-state index is 0. The summed E-state index contributed by atoms with van der Waals surface area (Å²) in [7, 11) is 0. The van der Waals surface area contributed by atoms with Crippen LogP contribution < -0.4 is 10.6 Å². The van der Waals surface area contributed by atoms with Gasteiger partial charge in [-0.05, 0) is 53.9 Å². The van der Waals surface area contributed by atoms with E-state index in [1.54, 1.807) is 0 Å². The molecule has 5 nitrogen and oxygen atoms in total. The van der Waals surface area contributed by atoms with E-state index in [4.69, 9.17) is 11.6 Å². The van der Waals surface area contributed by atoms with Crippen molar-refractivity contribution in [3.8, 4) is 0 Å². The van der Waals surface area contributed by atoms with Crippen molar-refractivity contribution < 1.29 is 4.79 Å². The first-order chi connectivity index (χ1) is 12.7. The molecule has 0 atom stereocenters. The molecule has 0 aliphatic carbocycles. The van der Waals surface area contributed by atoms with Gasteiger partial charge in [0.15, 0.2) is 0 Å². The lowest BCUT2D eigenvalue weighted by atomic mass is 9.98. The van der Waals surface area contributed by atoms with Gasteiger partial charge >= 0.3 is 0 Å². The summed E-state index contributed by atoms with van der Waals surface area (Å²) in [5, 5.41) is 16.5. The molecule has 2 aromatic carbocycles. The highest BCUT2D eigenvalue weighted by molar-refractivity contribution is 7.15. The summed E-state index contributed by atoms with van der Waals surface area (Å²) in [6.45, 7) is 1.81. The Morgan fingerprint density at radius 2 is 2.07 bits per heavy atom. The number of amides is 1. The molecule has 0 saturated heterocycles. The lowest BCUT2D eigenvalue weighted by Crippen LogP contribution is -2.24.